The van der Waals surface area contributed by atoms with Crippen molar-refractivity contribution in [3.05, 3.63) is 28.4 Å². The van der Waals surface area contributed by atoms with Crippen molar-refractivity contribution in [1.29, 1.82) is 0 Å². The first-order valence-corrected chi connectivity index (χ1v) is 5.46. The van der Waals surface area contributed by atoms with E-state index in [-0.39, 0.29) is 12.5 Å². The van der Waals surface area contributed by atoms with Gasteiger partial charge < -0.3 is 10.3 Å². The molecule has 0 saturated heterocycles. The molecule has 5 nitrogen and oxygen atoms in total. The lowest BCUT2D eigenvalue weighted by atomic mass is 10.2. The molecule has 0 unspecified atom stereocenters. The van der Waals surface area contributed by atoms with Gasteiger partial charge in [0.05, 0.1) is 12.1 Å². The monoisotopic (exact) mass is 243 g/mol. The van der Waals surface area contributed by atoms with Crippen molar-refractivity contribution >= 4 is 5.91 Å². The largest absolute Gasteiger partial charge is 0.345 e. The Bertz CT molecular complexity index is 538. The summed E-state index contributed by atoms with van der Waals surface area (Å²) in [6.45, 7) is 0.257. The van der Waals surface area contributed by atoms with E-state index in [9.17, 15) is 9.59 Å². The molecule has 1 rings (SSSR count). The van der Waals surface area contributed by atoms with Gasteiger partial charge in [-0.2, -0.15) is 0 Å². The maximum absolute atomic E-state index is 11.2. The molecule has 0 aliphatic heterocycles. The normalized spacial score (nSPS) is 8.83. The van der Waals surface area contributed by atoms with E-state index >= 15 is 0 Å². The van der Waals surface area contributed by atoms with Gasteiger partial charge in [0.2, 0.25) is 5.91 Å². The molecule has 1 aromatic rings. The van der Waals surface area contributed by atoms with Gasteiger partial charge in [-0.05, 0) is 6.42 Å². The lowest BCUT2D eigenvalue weighted by Crippen LogP contribution is -2.22. The number of hydrogen-bond donors (Lipinski definition) is 2. The number of rotatable bonds is 4. The molecule has 1 heterocycles. The third-order valence-corrected chi connectivity index (χ3v) is 2.00. The predicted octanol–water partition coefficient (Wildman–Crippen LogP) is 0.0411. The van der Waals surface area contributed by atoms with E-state index in [0.717, 1.165) is 0 Å². The minimum Gasteiger partial charge on any atom is -0.345 e. The van der Waals surface area contributed by atoms with Crippen LogP contribution in [0.25, 0.3) is 0 Å². The molecule has 2 N–H and O–H groups in total. The number of unbranched alkanes of at least 4 members (excludes halogenated alkanes) is 1. The van der Waals surface area contributed by atoms with Crippen molar-refractivity contribution < 1.29 is 4.79 Å². The van der Waals surface area contributed by atoms with Gasteiger partial charge in [0, 0.05) is 25.2 Å². The van der Waals surface area contributed by atoms with Crippen molar-refractivity contribution in [3.8, 4) is 24.2 Å². The number of terminal acetylenes is 1. The van der Waals surface area contributed by atoms with Crippen molar-refractivity contribution in [3.63, 3.8) is 0 Å². The van der Waals surface area contributed by atoms with E-state index in [2.05, 4.69) is 33.0 Å². The number of nitrogens with zero attached hydrogens (tertiary/aromatic N) is 1. The summed E-state index contributed by atoms with van der Waals surface area (Å²) >= 11 is 0. The lowest BCUT2D eigenvalue weighted by molar-refractivity contribution is -0.120. The Kier molecular flexibility index (Phi) is 5.79. The molecule has 0 atom stereocenters. The molecule has 0 radical (unpaired) electrons. The number of carbonyl (C=O) groups is 1. The molecule has 0 bridgehead atoms. The second kappa shape index (κ2) is 7.70. The first-order valence-electron chi connectivity index (χ1n) is 5.46. The average molecular weight is 243 g/mol. The van der Waals surface area contributed by atoms with E-state index in [4.69, 9.17) is 6.42 Å². The highest BCUT2D eigenvalue weighted by atomic mass is 16.1. The Balaban J connectivity index is 2.26. The second-order valence-corrected chi connectivity index (χ2v) is 3.44. The zero-order chi connectivity index (χ0) is 13.2. The van der Waals surface area contributed by atoms with Gasteiger partial charge >= 0.3 is 5.69 Å². The van der Waals surface area contributed by atoms with Crippen LogP contribution in [0.1, 0.15) is 24.8 Å². The minimum atomic E-state index is -0.397. The van der Waals surface area contributed by atoms with Gasteiger partial charge in [0.25, 0.3) is 0 Å². The van der Waals surface area contributed by atoms with Gasteiger partial charge in [-0.25, -0.2) is 9.78 Å². The molecular formula is C13H13N3O2. The van der Waals surface area contributed by atoms with Gasteiger partial charge in [0.1, 0.15) is 0 Å². The summed E-state index contributed by atoms with van der Waals surface area (Å²) in [4.78, 5) is 27.8. The molecule has 5 heteroatoms. The average Bonchev–Trinajstić information content (AvgIpc) is 2.38. The van der Waals surface area contributed by atoms with Gasteiger partial charge in [-0.1, -0.05) is 17.8 Å². The van der Waals surface area contributed by atoms with Crippen LogP contribution in [-0.4, -0.2) is 22.4 Å². The summed E-state index contributed by atoms with van der Waals surface area (Å²) in [5.74, 6) is 8.00. The second-order valence-electron chi connectivity index (χ2n) is 3.44. The van der Waals surface area contributed by atoms with Gasteiger partial charge in [-0.3, -0.25) is 4.79 Å². The van der Waals surface area contributed by atoms with Crippen molar-refractivity contribution in [2.24, 2.45) is 0 Å². The fraction of sp³-hybridized carbons (Fsp3) is 0.308. The van der Waals surface area contributed by atoms with Crippen LogP contribution in [0.15, 0.2) is 17.2 Å². The van der Waals surface area contributed by atoms with Crippen LogP contribution >= 0.6 is 0 Å². The number of nitrogens with one attached hydrogen (secondary N) is 2. The topological polar surface area (TPSA) is 74.8 Å². The molecule has 0 saturated carbocycles. The van der Waals surface area contributed by atoms with Gasteiger partial charge in [0.15, 0.2) is 0 Å². The third-order valence-electron chi connectivity index (χ3n) is 2.00. The smallest absolute Gasteiger partial charge is 0.344 e. The maximum atomic E-state index is 11.2. The summed E-state index contributed by atoms with van der Waals surface area (Å²) in [6, 6.07) is 0. The highest BCUT2D eigenvalue weighted by Crippen LogP contribution is 1.94. The Labute approximate surface area is 105 Å². The van der Waals surface area contributed by atoms with E-state index in [0.29, 0.717) is 24.8 Å². The number of H-pyrrole nitrogens is 1. The number of aromatic amines is 1. The zero-order valence-electron chi connectivity index (χ0n) is 9.82. The summed E-state index contributed by atoms with van der Waals surface area (Å²) in [5, 5.41) is 2.57. The fourth-order valence-electron chi connectivity index (χ4n) is 1.15. The molecular weight excluding hydrogens is 230 g/mol. The fourth-order valence-corrected chi connectivity index (χ4v) is 1.15. The predicted molar refractivity (Wildman–Crippen MR) is 67.4 cm³/mol. The molecule has 0 fully saturated rings. The number of carbonyl (C=O) groups excluding carboxylic acids is 1. The molecule has 92 valence electrons. The van der Waals surface area contributed by atoms with Crippen LogP contribution in [0.3, 0.4) is 0 Å². The molecule has 0 aliphatic rings. The summed E-state index contributed by atoms with van der Waals surface area (Å²) < 4.78 is 0. The van der Waals surface area contributed by atoms with E-state index in [1.54, 1.807) is 0 Å². The van der Waals surface area contributed by atoms with Crippen LogP contribution in [0.4, 0.5) is 0 Å². The van der Waals surface area contributed by atoms with Crippen molar-refractivity contribution in [2.45, 2.75) is 19.3 Å². The molecule has 0 aromatic carbocycles. The van der Waals surface area contributed by atoms with Crippen LogP contribution in [0, 0.1) is 24.2 Å². The summed E-state index contributed by atoms with van der Waals surface area (Å²) in [7, 11) is 0. The zero-order valence-corrected chi connectivity index (χ0v) is 9.82. The van der Waals surface area contributed by atoms with Crippen LogP contribution in [0.2, 0.25) is 0 Å². The van der Waals surface area contributed by atoms with Crippen LogP contribution in [0.5, 0.6) is 0 Å². The summed E-state index contributed by atoms with van der Waals surface area (Å²) in [5.41, 5.74) is 0.247. The van der Waals surface area contributed by atoms with Gasteiger partial charge in [-0.15, -0.1) is 6.42 Å². The number of amides is 1. The molecule has 1 amide bonds. The first-order chi connectivity index (χ1) is 8.72. The highest BCUT2D eigenvalue weighted by molar-refractivity contribution is 5.76. The molecule has 18 heavy (non-hydrogen) atoms. The minimum absolute atomic E-state index is 0.0690. The Hall–Kier alpha value is -2.53. The van der Waals surface area contributed by atoms with E-state index in [1.807, 2.05) is 0 Å². The Morgan fingerprint density at radius 1 is 1.56 bits per heavy atom. The van der Waals surface area contributed by atoms with E-state index < -0.39 is 5.69 Å². The number of hydrogen-bond acceptors (Lipinski definition) is 3. The van der Waals surface area contributed by atoms with E-state index in [1.165, 1.54) is 12.4 Å². The SMILES string of the molecule is C#CCNC(=O)CCCC#Cc1cnc(=O)[nH]c1. The standard InChI is InChI=1S/C13H13N3O2/c1-2-8-14-12(17)7-5-3-4-6-11-9-15-13(18)16-10-11/h1,9-10H,3,5,7-8H2,(H,14,17)(H,15,16,18). The Morgan fingerprint density at radius 3 is 3.06 bits per heavy atom. The van der Waals surface area contributed by atoms with Crippen LogP contribution < -0.4 is 11.0 Å². The summed E-state index contributed by atoms with van der Waals surface area (Å²) in [6.07, 6.45) is 9.59. The molecule has 0 aliphatic carbocycles. The van der Waals surface area contributed by atoms with Crippen LogP contribution in [-0.2, 0) is 4.79 Å². The molecule has 1 aromatic heterocycles. The van der Waals surface area contributed by atoms with Crippen molar-refractivity contribution in [1.82, 2.24) is 15.3 Å². The first kappa shape index (κ1) is 13.5. The highest BCUT2D eigenvalue weighted by Gasteiger charge is 1.97. The number of aromatic nitrogens is 2. The molecule has 0 spiro atoms. The Morgan fingerprint density at radius 2 is 2.39 bits per heavy atom. The maximum Gasteiger partial charge on any atom is 0.344 e. The van der Waals surface area contributed by atoms with Crippen molar-refractivity contribution in [2.75, 3.05) is 6.54 Å². The third kappa shape index (κ3) is 5.53. The quantitative estimate of drug-likeness (QED) is 0.579. The lowest BCUT2D eigenvalue weighted by Gasteiger charge is -1.98.